The Labute approximate surface area is 192 Å². The van der Waals surface area contributed by atoms with Gasteiger partial charge in [0.05, 0.1) is 18.9 Å². The number of methoxy groups -OCH3 is 1. The molecule has 1 aromatic carbocycles. The first kappa shape index (κ1) is 22.1. The Morgan fingerprint density at radius 3 is 2.47 bits per heavy atom. The molecule has 1 aliphatic rings. The van der Waals surface area contributed by atoms with Gasteiger partial charge in [0.1, 0.15) is 10.8 Å². The highest BCUT2D eigenvalue weighted by Gasteiger charge is 2.34. The van der Waals surface area contributed by atoms with Crippen molar-refractivity contribution in [3.8, 4) is 5.75 Å². The van der Waals surface area contributed by atoms with E-state index in [-0.39, 0.29) is 23.0 Å². The number of benzene rings is 1. The van der Waals surface area contributed by atoms with Crippen LogP contribution in [0.15, 0.2) is 47.1 Å². The van der Waals surface area contributed by atoms with Gasteiger partial charge >= 0.3 is 0 Å². The normalized spacial score (nSPS) is 15.7. The van der Waals surface area contributed by atoms with Crippen LogP contribution < -0.4 is 15.4 Å². The van der Waals surface area contributed by atoms with Crippen LogP contribution in [-0.4, -0.2) is 18.9 Å². The number of amides is 2. The number of fused-ring (bicyclic) bond motifs is 1. The summed E-state index contributed by atoms with van der Waals surface area (Å²) in [4.78, 5) is 27.2. The van der Waals surface area contributed by atoms with E-state index in [9.17, 15) is 9.59 Å². The fourth-order valence-corrected chi connectivity index (χ4v) is 5.41. The van der Waals surface area contributed by atoms with Crippen molar-refractivity contribution in [2.75, 3.05) is 17.7 Å². The standard InChI is InChI=1S/C25H28N2O4S/c1-25(2,3)15-7-12-18-20(14-15)32-24(27-22(28)19-6-5-13-31-19)21(18)23(29)26-16-8-10-17(30-4)11-9-16/h5-6,8-11,13,15H,7,12,14H2,1-4H3,(H,26,29)(H,27,28). The summed E-state index contributed by atoms with van der Waals surface area (Å²) in [7, 11) is 1.60. The molecule has 2 amide bonds. The molecule has 0 aliphatic heterocycles. The van der Waals surface area contributed by atoms with E-state index in [1.54, 1.807) is 43.5 Å². The molecule has 3 aromatic rings. The second-order valence-corrected chi connectivity index (χ2v) is 10.2. The molecule has 7 heteroatoms. The maximum atomic E-state index is 13.4. The molecular weight excluding hydrogens is 424 g/mol. The van der Waals surface area contributed by atoms with Crippen LogP contribution in [0, 0.1) is 11.3 Å². The lowest BCUT2D eigenvalue weighted by Gasteiger charge is -2.33. The van der Waals surface area contributed by atoms with Gasteiger partial charge in [0, 0.05) is 10.6 Å². The molecule has 2 heterocycles. The molecule has 0 fully saturated rings. The number of carbonyl (C=O) groups excluding carboxylic acids is 2. The minimum absolute atomic E-state index is 0.185. The number of anilines is 2. The summed E-state index contributed by atoms with van der Waals surface area (Å²) in [5.74, 6) is 0.872. The Hall–Kier alpha value is -3.06. The van der Waals surface area contributed by atoms with E-state index >= 15 is 0 Å². The van der Waals surface area contributed by atoms with Gasteiger partial charge in [-0.1, -0.05) is 20.8 Å². The Kier molecular flexibility index (Phi) is 6.11. The topological polar surface area (TPSA) is 80.6 Å². The molecule has 1 atom stereocenters. The molecule has 0 radical (unpaired) electrons. The van der Waals surface area contributed by atoms with Gasteiger partial charge in [0.2, 0.25) is 0 Å². The van der Waals surface area contributed by atoms with Gasteiger partial charge in [-0.2, -0.15) is 0 Å². The van der Waals surface area contributed by atoms with Gasteiger partial charge in [-0.05, 0) is 72.6 Å². The van der Waals surface area contributed by atoms with Crippen LogP contribution in [0.5, 0.6) is 5.75 Å². The highest BCUT2D eigenvalue weighted by atomic mass is 32.1. The largest absolute Gasteiger partial charge is 0.497 e. The fourth-order valence-electron chi connectivity index (χ4n) is 4.09. The summed E-state index contributed by atoms with van der Waals surface area (Å²) in [6.07, 6.45) is 4.19. The van der Waals surface area contributed by atoms with Crippen molar-refractivity contribution in [3.05, 3.63) is 64.4 Å². The number of hydrogen-bond donors (Lipinski definition) is 2. The van der Waals surface area contributed by atoms with Crippen LogP contribution in [0.4, 0.5) is 10.7 Å². The zero-order valence-corrected chi connectivity index (χ0v) is 19.6. The molecule has 0 saturated heterocycles. The van der Waals surface area contributed by atoms with E-state index < -0.39 is 0 Å². The highest BCUT2D eigenvalue weighted by molar-refractivity contribution is 7.17. The monoisotopic (exact) mass is 452 g/mol. The lowest BCUT2D eigenvalue weighted by Crippen LogP contribution is -2.27. The number of nitrogens with one attached hydrogen (secondary N) is 2. The van der Waals surface area contributed by atoms with Gasteiger partial charge in [-0.3, -0.25) is 9.59 Å². The first-order valence-corrected chi connectivity index (χ1v) is 11.5. The second kappa shape index (κ2) is 8.82. The molecule has 2 aromatic heterocycles. The lowest BCUT2D eigenvalue weighted by atomic mass is 9.72. The van der Waals surface area contributed by atoms with Crippen molar-refractivity contribution >= 4 is 33.8 Å². The van der Waals surface area contributed by atoms with Crippen LogP contribution in [0.3, 0.4) is 0 Å². The average molecular weight is 453 g/mol. The predicted molar refractivity (Wildman–Crippen MR) is 127 cm³/mol. The zero-order chi connectivity index (χ0) is 22.9. The number of rotatable bonds is 5. The van der Waals surface area contributed by atoms with E-state index in [0.29, 0.717) is 22.2 Å². The quantitative estimate of drug-likeness (QED) is 0.497. The summed E-state index contributed by atoms with van der Waals surface area (Å²) in [5.41, 5.74) is 2.44. The smallest absolute Gasteiger partial charge is 0.291 e. The van der Waals surface area contributed by atoms with Crippen LogP contribution in [0.1, 0.15) is 58.5 Å². The molecule has 1 aliphatic carbocycles. The van der Waals surface area contributed by atoms with Gasteiger partial charge < -0.3 is 19.8 Å². The Morgan fingerprint density at radius 1 is 1.09 bits per heavy atom. The summed E-state index contributed by atoms with van der Waals surface area (Å²) in [5, 5.41) is 6.45. The molecule has 0 spiro atoms. The van der Waals surface area contributed by atoms with E-state index in [1.807, 2.05) is 0 Å². The lowest BCUT2D eigenvalue weighted by molar-refractivity contribution is 0.0997. The van der Waals surface area contributed by atoms with Crippen LogP contribution in [0.2, 0.25) is 0 Å². The Morgan fingerprint density at radius 2 is 1.84 bits per heavy atom. The predicted octanol–water partition coefficient (Wildman–Crippen LogP) is 6.01. The molecule has 1 unspecified atom stereocenters. The van der Waals surface area contributed by atoms with Gasteiger partial charge in [0.15, 0.2) is 5.76 Å². The van der Waals surface area contributed by atoms with Crippen molar-refractivity contribution in [3.63, 3.8) is 0 Å². The van der Waals surface area contributed by atoms with Crippen LogP contribution in [-0.2, 0) is 12.8 Å². The maximum Gasteiger partial charge on any atom is 0.291 e. The van der Waals surface area contributed by atoms with Crippen molar-refractivity contribution < 1.29 is 18.7 Å². The fraction of sp³-hybridized carbons (Fsp3) is 0.360. The third kappa shape index (κ3) is 4.58. The van der Waals surface area contributed by atoms with Crippen LogP contribution >= 0.6 is 11.3 Å². The molecule has 0 bridgehead atoms. The van der Waals surface area contributed by atoms with Gasteiger partial charge in [-0.25, -0.2) is 0 Å². The molecular formula is C25H28N2O4S. The first-order valence-electron chi connectivity index (χ1n) is 10.7. The molecule has 2 N–H and O–H groups in total. The second-order valence-electron chi connectivity index (χ2n) is 9.13. The summed E-state index contributed by atoms with van der Waals surface area (Å²) >= 11 is 1.50. The molecule has 168 valence electrons. The summed E-state index contributed by atoms with van der Waals surface area (Å²) in [6, 6.07) is 10.5. The molecule has 32 heavy (non-hydrogen) atoms. The molecule has 0 saturated carbocycles. The van der Waals surface area contributed by atoms with Crippen molar-refractivity contribution in [1.29, 1.82) is 0 Å². The first-order chi connectivity index (χ1) is 15.3. The van der Waals surface area contributed by atoms with E-state index in [4.69, 9.17) is 9.15 Å². The minimum Gasteiger partial charge on any atom is -0.497 e. The highest BCUT2D eigenvalue weighted by Crippen LogP contribution is 2.44. The average Bonchev–Trinajstić information content (AvgIpc) is 3.41. The van der Waals surface area contributed by atoms with E-state index in [2.05, 4.69) is 31.4 Å². The van der Waals surface area contributed by atoms with Crippen molar-refractivity contribution in [2.24, 2.45) is 11.3 Å². The number of thiophene rings is 1. The minimum atomic E-state index is -0.362. The van der Waals surface area contributed by atoms with Gasteiger partial charge in [-0.15, -0.1) is 11.3 Å². The zero-order valence-electron chi connectivity index (χ0n) is 18.8. The van der Waals surface area contributed by atoms with Crippen molar-refractivity contribution in [1.82, 2.24) is 0 Å². The Bertz CT molecular complexity index is 1110. The van der Waals surface area contributed by atoms with Crippen LogP contribution in [0.25, 0.3) is 0 Å². The van der Waals surface area contributed by atoms with E-state index in [0.717, 1.165) is 30.6 Å². The van der Waals surface area contributed by atoms with Gasteiger partial charge in [0.25, 0.3) is 11.8 Å². The number of hydrogen-bond acceptors (Lipinski definition) is 5. The number of furan rings is 1. The third-order valence-electron chi connectivity index (χ3n) is 6.04. The maximum absolute atomic E-state index is 13.4. The number of carbonyl (C=O) groups is 2. The Balaban J connectivity index is 1.66. The summed E-state index contributed by atoms with van der Waals surface area (Å²) in [6.45, 7) is 6.77. The van der Waals surface area contributed by atoms with E-state index in [1.165, 1.54) is 22.5 Å². The summed E-state index contributed by atoms with van der Waals surface area (Å²) < 4.78 is 10.4. The third-order valence-corrected chi connectivity index (χ3v) is 7.21. The molecule has 4 rings (SSSR count). The van der Waals surface area contributed by atoms with Crippen molar-refractivity contribution in [2.45, 2.75) is 40.0 Å². The number of ether oxygens (including phenoxy) is 1. The SMILES string of the molecule is COc1ccc(NC(=O)c2c(NC(=O)c3ccco3)sc3c2CCC(C(C)(C)C)C3)cc1. The molecule has 6 nitrogen and oxygen atoms in total.